The zero-order valence-electron chi connectivity index (χ0n) is 16.7. The Labute approximate surface area is 179 Å². The van der Waals surface area contributed by atoms with Crippen LogP contribution in [0.15, 0.2) is 47.4 Å². The Bertz CT molecular complexity index is 1110. The highest BCUT2D eigenvalue weighted by Gasteiger charge is 2.32. The van der Waals surface area contributed by atoms with Crippen LogP contribution in [0.1, 0.15) is 30.9 Å². The minimum Gasteiger partial charge on any atom is -0.354 e. The maximum absolute atomic E-state index is 14.0. The summed E-state index contributed by atoms with van der Waals surface area (Å²) in [6.07, 6.45) is 4.88. The van der Waals surface area contributed by atoms with Gasteiger partial charge in [-0.1, -0.05) is 23.7 Å². The van der Waals surface area contributed by atoms with Gasteiger partial charge >= 0.3 is 0 Å². The number of nitrogens with one attached hydrogen (secondary N) is 1. The second-order valence-corrected chi connectivity index (χ2v) is 8.72. The molecule has 2 fully saturated rings. The molecule has 0 amide bonds. The van der Waals surface area contributed by atoms with Crippen LogP contribution in [0.25, 0.3) is 10.8 Å². The molecule has 30 heavy (non-hydrogen) atoms. The minimum atomic E-state index is -0.461. The molecule has 1 N–H and O–H groups in total. The van der Waals surface area contributed by atoms with E-state index in [4.69, 9.17) is 11.6 Å². The number of H-pyrrole nitrogens is 1. The first kappa shape index (κ1) is 19.5. The third kappa shape index (κ3) is 3.70. The number of pyridine rings is 2. The van der Waals surface area contributed by atoms with E-state index in [0.717, 1.165) is 57.0 Å². The predicted octanol–water partition coefficient (Wildman–Crippen LogP) is 4.17. The molecule has 1 aromatic carbocycles. The number of fused-ring (bicyclic) bond motifs is 1. The van der Waals surface area contributed by atoms with Crippen LogP contribution < -0.4 is 10.5 Å². The zero-order chi connectivity index (χ0) is 20.7. The van der Waals surface area contributed by atoms with E-state index in [1.165, 1.54) is 6.07 Å². The molecule has 3 heterocycles. The monoisotopic (exact) mass is 426 g/mol. The van der Waals surface area contributed by atoms with Crippen molar-refractivity contribution in [1.82, 2.24) is 14.9 Å². The van der Waals surface area contributed by atoms with Gasteiger partial charge < -0.3 is 9.88 Å². The van der Waals surface area contributed by atoms with Gasteiger partial charge in [0.2, 0.25) is 0 Å². The highest BCUT2D eigenvalue weighted by Crippen LogP contribution is 2.37. The molecule has 1 aliphatic heterocycles. The van der Waals surface area contributed by atoms with Crippen LogP contribution in [0.3, 0.4) is 0 Å². The fourth-order valence-electron chi connectivity index (χ4n) is 4.96. The van der Waals surface area contributed by atoms with E-state index in [1.807, 2.05) is 24.3 Å². The summed E-state index contributed by atoms with van der Waals surface area (Å²) < 4.78 is 14.0. The molecule has 0 unspecified atom stereocenters. The summed E-state index contributed by atoms with van der Waals surface area (Å²) in [5, 5.41) is 1.49. The Morgan fingerprint density at radius 1 is 1.10 bits per heavy atom. The number of hydrogen-bond acceptors (Lipinski definition) is 4. The van der Waals surface area contributed by atoms with Crippen LogP contribution in [0.2, 0.25) is 5.02 Å². The lowest BCUT2D eigenvalue weighted by Crippen LogP contribution is -2.50. The Kier molecular flexibility index (Phi) is 5.21. The molecule has 7 heteroatoms. The lowest BCUT2D eigenvalue weighted by Gasteiger charge is -2.38. The molecule has 1 saturated carbocycles. The van der Waals surface area contributed by atoms with Crippen molar-refractivity contribution in [2.45, 2.75) is 31.2 Å². The first-order chi connectivity index (χ1) is 14.6. The number of anilines is 1. The van der Waals surface area contributed by atoms with Gasteiger partial charge in [0.05, 0.1) is 10.4 Å². The van der Waals surface area contributed by atoms with Gasteiger partial charge in [0.1, 0.15) is 11.6 Å². The number of halogens is 2. The Balaban J connectivity index is 1.25. The van der Waals surface area contributed by atoms with Crippen molar-refractivity contribution in [3.8, 4) is 0 Å². The van der Waals surface area contributed by atoms with Crippen molar-refractivity contribution in [3.05, 3.63) is 69.5 Å². The molecule has 3 aromatic rings. The number of aromatic amines is 1. The van der Waals surface area contributed by atoms with Crippen molar-refractivity contribution >= 4 is 28.2 Å². The second kappa shape index (κ2) is 8.00. The average Bonchev–Trinajstić information content (AvgIpc) is 3.25. The normalized spacial score (nSPS) is 22.7. The second-order valence-electron chi connectivity index (χ2n) is 8.28. The van der Waals surface area contributed by atoms with Gasteiger partial charge in [0.25, 0.3) is 5.56 Å². The SMILES string of the molecule is O=c1[nH]c([C@@H]2CC[C@H](N3CCN(c4ccc(Cl)cn4)CC3)C2)cc2cccc(F)c12. The molecule has 2 aromatic heterocycles. The fourth-order valence-corrected chi connectivity index (χ4v) is 5.07. The number of rotatable bonds is 3. The molecule has 0 spiro atoms. The molecule has 2 atom stereocenters. The quantitative estimate of drug-likeness (QED) is 0.682. The van der Waals surface area contributed by atoms with E-state index in [1.54, 1.807) is 12.3 Å². The van der Waals surface area contributed by atoms with E-state index in [9.17, 15) is 9.18 Å². The molecule has 0 bridgehead atoms. The van der Waals surface area contributed by atoms with Crippen molar-refractivity contribution in [2.75, 3.05) is 31.1 Å². The highest BCUT2D eigenvalue weighted by molar-refractivity contribution is 6.30. The topological polar surface area (TPSA) is 52.2 Å². The number of hydrogen-bond donors (Lipinski definition) is 1. The maximum Gasteiger partial charge on any atom is 0.259 e. The average molecular weight is 427 g/mol. The van der Waals surface area contributed by atoms with Crippen LogP contribution in [-0.4, -0.2) is 47.1 Å². The van der Waals surface area contributed by atoms with Gasteiger partial charge in [0.15, 0.2) is 0 Å². The van der Waals surface area contributed by atoms with Crippen LogP contribution in [-0.2, 0) is 0 Å². The standard InChI is InChI=1S/C23H24ClFN4O/c24-17-5-7-21(26-14-17)29-10-8-28(9-11-29)18-6-4-15(12-18)20-13-16-2-1-3-19(25)22(16)23(30)27-20/h1-3,5,7,13-15,18H,4,6,8-12H2,(H,27,30)/t15-,18+/m1/s1. The summed E-state index contributed by atoms with van der Waals surface area (Å²) in [6, 6.07) is 11.1. The van der Waals surface area contributed by atoms with Gasteiger partial charge in [-0.3, -0.25) is 9.69 Å². The number of aromatic nitrogens is 2. The van der Waals surface area contributed by atoms with Crippen molar-refractivity contribution in [1.29, 1.82) is 0 Å². The molecule has 1 saturated heterocycles. The summed E-state index contributed by atoms with van der Waals surface area (Å²) in [5.74, 6) is 0.827. The molecule has 5 nitrogen and oxygen atoms in total. The zero-order valence-corrected chi connectivity index (χ0v) is 17.4. The van der Waals surface area contributed by atoms with E-state index in [2.05, 4.69) is 19.8 Å². The molecular formula is C23H24ClFN4O. The number of benzene rings is 1. The minimum absolute atomic E-state index is 0.155. The van der Waals surface area contributed by atoms with Crippen LogP contribution in [0, 0.1) is 5.82 Å². The first-order valence-corrected chi connectivity index (χ1v) is 10.9. The molecule has 156 valence electrons. The van der Waals surface area contributed by atoms with Gasteiger partial charge in [0, 0.05) is 50.0 Å². The van der Waals surface area contributed by atoms with Crippen molar-refractivity contribution < 1.29 is 4.39 Å². The van der Waals surface area contributed by atoms with Crippen LogP contribution >= 0.6 is 11.6 Å². The first-order valence-electron chi connectivity index (χ1n) is 10.5. The Hall–Kier alpha value is -2.44. The predicted molar refractivity (Wildman–Crippen MR) is 118 cm³/mol. The van der Waals surface area contributed by atoms with Gasteiger partial charge in [-0.2, -0.15) is 0 Å². The number of nitrogens with zero attached hydrogens (tertiary/aromatic N) is 3. The maximum atomic E-state index is 14.0. The van der Waals surface area contributed by atoms with E-state index >= 15 is 0 Å². The van der Waals surface area contributed by atoms with Crippen LogP contribution in [0.5, 0.6) is 0 Å². The molecule has 2 aliphatic rings. The lowest BCUT2D eigenvalue weighted by atomic mass is 10.00. The molecule has 5 rings (SSSR count). The number of piperazine rings is 1. The van der Waals surface area contributed by atoms with Crippen molar-refractivity contribution in [2.24, 2.45) is 0 Å². The smallest absolute Gasteiger partial charge is 0.259 e. The highest BCUT2D eigenvalue weighted by atomic mass is 35.5. The van der Waals surface area contributed by atoms with Gasteiger partial charge in [-0.25, -0.2) is 9.37 Å². The summed E-state index contributed by atoms with van der Waals surface area (Å²) in [5.41, 5.74) is 0.609. The fraction of sp³-hybridized carbons (Fsp3) is 0.391. The van der Waals surface area contributed by atoms with Gasteiger partial charge in [-0.05, 0) is 48.9 Å². The lowest BCUT2D eigenvalue weighted by molar-refractivity contribution is 0.186. The summed E-state index contributed by atoms with van der Waals surface area (Å²) >= 11 is 5.94. The third-order valence-electron chi connectivity index (χ3n) is 6.55. The van der Waals surface area contributed by atoms with E-state index < -0.39 is 5.82 Å². The van der Waals surface area contributed by atoms with E-state index in [-0.39, 0.29) is 10.9 Å². The summed E-state index contributed by atoms with van der Waals surface area (Å²) in [7, 11) is 0. The molecular weight excluding hydrogens is 403 g/mol. The van der Waals surface area contributed by atoms with E-state index in [0.29, 0.717) is 22.4 Å². The Morgan fingerprint density at radius 3 is 2.70 bits per heavy atom. The van der Waals surface area contributed by atoms with Crippen LogP contribution in [0.4, 0.5) is 10.2 Å². The molecule has 1 aliphatic carbocycles. The summed E-state index contributed by atoms with van der Waals surface area (Å²) in [4.78, 5) is 24.7. The summed E-state index contributed by atoms with van der Waals surface area (Å²) in [6.45, 7) is 3.89. The molecule has 0 radical (unpaired) electrons. The largest absolute Gasteiger partial charge is 0.354 e. The Morgan fingerprint density at radius 2 is 1.93 bits per heavy atom. The van der Waals surface area contributed by atoms with Crippen molar-refractivity contribution in [3.63, 3.8) is 0 Å². The third-order valence-corrected chi connectivity index (χ3v) is 6.78. The van der Waals surface area contributed by atoms with Gasteiger partial charge in [-0.15, -0.1) is 0 Å².